The van der Waals surface area contributed by atoms with Gasteiger partial charge in [-0.15, -0.1) is 0 Å². The number of imidazole rings is 1. The lowest BCUT2D eigenvalue weighted by Gasteiger charge is -2.17. The number of hydrogen-bond acceptors (Lipinski definition) is 4. The molecule has 0 aliphatic carbocycles. The summed E-state index contributed by atoms with van der Waals surface area (Å²) in [6.07, 6.45) is 7.25. The number of rotatable bonds is 11. The Balaban J connectivity index is 1.68. The summed E-state index contributed by atoms with van der Waals surface area (Å²) in [7, 11) is 1.78. The number of pyridine rings is 1. The first-order valence-electron chi connectivity index (χ1n) is 10.5. The van der Waals surface area contributed by atoms with E-state index in [1.165, 1.54) is 12.8 Å². The normalized spacial score (nSPS) is 12.4. The lowest BCUT2D eigenvalue weighted by atomic mass is 10.2. The van der Waals surface area contributed by atoms with Crippen LogP contribution in [0, 0.1) is 0 Å². The Hall–Kier alpha value is -2.60. The van der Waals surface area contributed by atoms with Crippen LogP contribution in [0.1, 0.15) is 46.0 Å². The predicted molar refractivity (Wildman–Crippen MR) is 116 cm³/mol. The van der Waals surface area contributed by atoms with E-state index in [1.807, 2.05) is 36.4 Å². The third kappa shape index (κ3) is 5.07. The van der Waals surface area contributed by atoms with Crippen LogP contribution in [0.4, 0.5) is 0 Å². The number of aryl methyl sites for hydroxylation is 1. The standard InChI is InChI=1S/C23H31N3O3/c1-4-6-9-15-28-19(10-5-2)17-29-22-14-13-18(16-24-22)26-21-12-8-7-11-20(21)25(3)23(26)27/h7-8,11-14,16,19H,4-6,9-10,15,17H2,1-3H3. The van der Waals surface area contributed by atoms with Gasteiger partial charge in [0, 0.05) is 19.7 Å². The average molecular weight is 398 g/mol. The molecule has 1 aromatic carbocycles. The van der Waals surface area contributed by atoms with Gasteiger partial charge in [0.1, 0.15) is 6.61 Å². The van der Waals surface area contributed by atoms with Crippen molar-refractivity contribution < 1.29 is 9.47 Å². The van der Waals surface area contributed by atoms with E-state index in [-0.39, 0.29) is 11.8 Å². The summed E-state index contributed by atoms with van der Waals surface area (Å²) in [5, 5.41) is 0. The summed E-state index contributed by atoms with van der Waals surface area (Å²) in [5.41, 5.74) is 2.38. The van der Waals surface area contributed by atoms with Crippen molar-refractivity contribution in [2.45, 2.75) is 52.1 Å². The van der Waals surface area contributed by atoms with Gasteiger partial charge < -0.3 is 9.47 Å². The molecule has 0 saturated heterocycles. The molecular weight excluding hydrogens is 366 g/mol. The van der Waals surface area contributed by atoms with Gasteiger partial charge in [0.25, 0.3) is 0 Å². The van der Waals surface area contributed by atoms with E-state index >= 15 is 0 Å². The number of nitrogens with zero attached hydrogens (tertiary/aromatic N) is 3. The molecule has 0 amide bonds. The van der Waals surface area contributed by atoms with Crippen molar-refractivity contribution >= 4 is 11.0 Å². The largest absolute Gasteiger partial charge is 0.475 e. The molecule has 6 nitrogen and oxygen atoms in total. The Kier molecular flexibility index (Phi) is 7.47. The van der Waals surface area contributed by atoms with E-state index in [9.17, 15) is 4.79 Å². The van der Waals surface area contributed by atoms with Crippen LogP contribution >= 0.6 is 0 Å². The van der Waals surface area contributed by atoms with E-state index in [2.05, 4.69) is 18.8 Å². The molecule has 6 heteroatoms. The zero-order valence-corrected chi connectivity index (χ0v) is 17.6. The van der Waals surface area contributed by atoms with E-state index in [0.717, 1.165) is 42.6 Å². The molecule has 0 aliphatic rings. The SMILES string of the molecule is CCCCCOC(CCC)COc1ccc(-n2c(=O)n(C)c3ccccc32)cn1. The van der Waals surface area contributed by atoms with Crippen LogP contribution in [0.3, 0.4) is 0 Å². The number of ether oxygens (including phenoxy) is 2. The average Bonchev–Trinajstić information content (AvgIpc) is 3.00. The first-order chi connectivity index (χ1) is 14.2. The molecule has 2 aromatic heterocycles. The number of hydrogen-bond donors (Lipinski definition) is 0. The smallest absolute Gasteiger partial charge is 0.333 e. The number of fused-ring (bicyclic) bond motifs is 1. The second kappa shape index (κ2) is 10.3. The molecule has 156 valence electrons. The van der Waals surface area contributed by atoms with Crippen molar-refractivity contribution in [2.75, 3.05) is 13.2 Å². The van der Waals surface area contributed by atoms with Crippen molar-refractivity contribution in [2.24, 2.45) is 7.05 Å². The third-order valence-corrected chi connectivity index (χ3v) is 5.07. The first-order valence-corrected chi connectivity index (χ1v) is 10.5. The Bertz CT molecular complexity index is 960. The molecule has 0 aliphatic heterocycles. The van der Waals surface area contributed by atoms with Crippen molar-refractivity contribution in [3.8, 4) is 11.6 Å². The number of aromatic nitrogens is 3. The van der Waals surface area contributed by atoms with Crippen LogP contribution < -0.4 is 10.4 Å². The van der Waals surface area contributed by atoms with Crippen LogP contribution in [0.2, 0.25) is 0 Å². The topological polar surface area (TPSA) is 58.3 Å². The zero-order chi connectivity index (χ0) is 20.6. The number of benzene rings is 1. The van der Waals surface area contributed by atoms with Gasteiger partial charge in [-0.3, -0.25) is 9.13 Å². The quantitative estimate of drug-likeness (QED) is 0.448. The first kappa shape index (κ1) is 21.1. The highest BCUT2D eigenvalue weighted by Gasteiger charge is 2.13. The molecule has 1 atom stereocenters. The molecule has 0 fully saturated rings. The highest BCUT2D eigenvalue weighted by molar-refractivity contribution is 5.77. The van der Waals surface area contributed by atoms with Gasteiger partial charge in [-0.2, -0.15) is 0 Å². The Morgan fingerprint density at radius 2 is 1.83 bits per heavy atom. The maximum atomic E-state index is 12.7. The van der Waals surface area contributed by atoms with Crippen LogP contribution in [-0.2, 0) is 11.8 Å². The predicted octanol–water partition coefficient (Wildman–Crippen LogP) is 4.48. The molecule has 29 heavy (non-hydrogen) atoms. The summed E-state index contributed by atoms with van der Waals surface area (Å²) in [5.74, 6) is 0.542. The van der Waals surface area contributed by atoms with E-state index in [4.69, 9.17) is 9.47 Å². The molecule has 0 radical (unpaired) electrons. The minimum atomic E-state index is -0.0924. The van der Waals surface area contributed by atoms with Gasteiger partial charge in [-0.05, 0) is 31.0 Å². The Labute approximate surface area is 172 Å². The molecule has 1 unspecified atom stereocenters. The van der Waals surface area contributed by atoms with Crippen molar-refractivity contribution in [1.29, 1.82) is 0 Å². The van der Waals surface area contributed by atoms with Crippen molar-refractivity contribution in [1.82, 2.24) is 14.1 Å². The molecule has 0 N–H and O–H groups in total. The highest BCUT2D eigenvalue weighted by atomic mass is 16.5. The lowest BCUT2D eigenvalue weighted by molar-refractivity contribution is 0.0120. The summed E-state index contributed by atoms with van der Waals surface area (Å²) in [6.45, 7) is 5.60. The summed E-state index contributed by atoms with van der Waals surface area (Å²) in [4.78, 5) is 17.1. The van der Waals surface area contributed by atoms with E-state index in [0.29, 0.717) is 12.5 Å². The maximum absolute atomic E-state index is 12.7. The summed E-state index contributed by atoms with van der Waals surface area (Å²) < 4.78 is 15.1. The highest BCUT2D eigenvalue weighted by Crippen LogP contribution is 2.18. The van der Waals surface area contributed by atoms with Crippen LogP contribution in [0.25, 0.3) is 16.7 Å². The van der Waals surface area contributed by atoms with Gasteiger partial charge in [0.15, 0.2) is 0 Å². The van der Waals surface area contributed by atoms with Crippen LogP contribution in [-0.4, -0.2) is 33.4 Å². The molecule has 3 aromatic rings. The van der Waals surface area contributed by atoms with Gasteiger partial charge in [0.05, 0.1) is 29.0 Å². The van der Waals surface area contributed by atoms with Crippen LogP contribution in [0.5, 0.6) is 5.88 Å². The van der Waals surface area contributed by atoms with Crippen molar-refractivity contribution in [3.63, 3.8) is 0 Å². The van der Waals surface area contributed by atoms with Crippen molar-refractivity contribution in [3.05, 3.63) is 53.1 Å². The van der Waals surface area contributed by atoms with E-state index < -0.39 is 0 Å². The minimum Gasteiger partial charge on any atom is -0.475 e. The third-order valence-electron chi connectivity index (χ3n) is 5.07. The zero-order valence-electron chi connectivity index (χ0n) is 17.6. The molecule has 2 heterocycles. The minimum absolute atomic E-state index is 0.0824. The molecule has 0 bridgehead atoms. The van der Waals surface area contributed by atoms with Gasteiger partial charge in [-0.1, -0.05) is 45.2 Å². The Morgan fingerprint density at radius 3 is 2.52 bits per heavy atom. The lowest BCUT2D eigenvalue weighted by Crippen LogP contribution is -2.23. The molecule has 0 spiro atoms. The van der Waals surface area contributed by atoms with Gasteiger partial charge in [0.2, 0.25) is 5.88 Å². The second-order valence-corrected chi connectivity index (χ2v) is 7.32. The second-order valence-electron chi connectivity index (χ2n) is 7.32. The fourth-order valence-electron chi connectivity index (χ4n) is 3.45. The van der Waals surface area contributed by atoms with Gasteiger partial charge in [-0.25, -0.2) is 9.78 Å². The monoisotopic (exact) mass is 397 g/mol. The summed E-state index contributed by atoms with van der Waals surface area (Å²) >= 11 is 0. The molecule has 3 rings (SSSR count). The van der Waals surface area contributed by atoms with Gasteiger partial charge >= 0.3 is 5.69 Å². The fourth-order valence-corrected chi connectivity index (χ4v) is 3.45. The number of unbranched alkanes of at least 4 members (excludes halogenated alkanes) is 2. The molecular formula is C23H31N3O3. The number of para-hydroxylation sites is 2. The van der Waals surface area contributed by atoms with E-state index in [1.54, 1.807) is 22.4 Å². The summed E-state index contributed by atoms with van der Waals surface area (Å²) in [6, 6.07) is 11.4. The Morgan fingerprint density at radius 1 is 1.03 bits per heavy atom. The van der Waals surface area contributed by atoms with Crippen LogP contribution in [0.15, 0.2) is 47.4 Å². The molecule has 0 saturated carbocycles. The fraction of sp³-hybridized carbons (Fsp3) is 0.478. The maximum Gasteiger partial charge on any atom is 0.333 e.